The van der Waals surface area contributed by atoms with Gasteiger partial charge < -0.3 is 29.2 Å². The van der Waals surface area contributed by atoms with Crippen LogP contribution in [0.1, 0.15) is 0 Å². The van der Waals surface area contributed by atoms with Crippen molar-refractivity contribution in [3.05, 3.63) is 0 Å². The summed E-state index contributed by atoms with van der Waals surface area (Å²) < 4.78 is 13.4. The molecule has 0 aliphatic carbocycles. The molecule has 0 aliphatic rings. The van der Waals surface area contributed by atoms with Crippen LogP contribution in [0, 0.1) is 0 Å². The largest absolute Gasteiger partial charge is 0.528 e. The molecule has 0 fully saturated rings. The molecule has 0 aliphatic heterocycles. The number of hydrogen-bond donors (Lipinski definition) is 2. The monoisotopic (exact) mass is 238 g/mol. The minimum Gasteiger partial charge on any atom is -0.449 e. The first kappa shape index (κ1) is 13.1. The van der Waals surface area contributed by atoms with Gasteiger partial charge in [0.05, 0.1) is 0 Å². The van der Waals surface area contributed by atoms with E-state index in [0.29, 0.717) is 0 Å². The molecular weight excluding hydrogens is 236 g/mol. The normalized spacial score (nSPS) is 8.50. The summed E-state index contributed by atoms with van der Waals surface area (Å²) in [4.78, 5) is 50.4. The molecule has 0 aromatic carbocycles. The Morgan fingerprint density at radius 3 is 1.06 bits per heavy atom. The Bertz CT molecular complexity index is 308. The summed E-state index contributed by atoms with van der Waals surface area (Å²) >= 11 is 0. The third-order valence-corrected chi connectivity index (χ3v) is 0.675. The maximum Gasteiger partial charge on any atom is 0.528 e. The molecule has 0 saturated carbocycles. The Morgan fingerprint density at radius 2 is 0.812 bits per heavy atom. The van der Waals surface area contributed by atoms with Crippen molar-refractivity contribution in [1.82, 2.24) is 0 Å². The van der Waals surface area contributed by atoms with Gasteiger partial charge in [-0.15, -0.1) is 0 Å². The van der Waals surface area contributed by atoms with E-state index in [1.54, 1.807) is 0 Å². The van der Waals surface area contributed by atoms with E-state index in [4.69, 9.17) is 10.2 Å². The first-order valence-electron chi connectivity index (χ1n) is 3.10. The molecule has 0 bridgehead atoms. The van der Waals surface area contributed by atoms with Gasteiger partial charge in [-0.25, -0.2) is 24.0 Å². The molecule has 16 heavy (non-hydrogen) atoms. The van der Waals surface area contributed by atoms with Crippen LogP contribution in [0.25, 0.3) is 0 Å². The molecule has 0 unspecified atom stereocenters. The molecule has 0 saturated heterocycles. The first-order chi connectivity index (χ1) is 7.31. The van der Waals surface area contributed by atoms with Crippen molar-refractivity contribution in [3.63, 3.8) is 0 Å². The summed E-state index contributed by atoms with van der Waals surface area (Å²) in [5, 5.41) is 15.7. The van der Waals surface area contributed by atoms with Gasteiger partial charge in [0.15, 0.2) is 0 Å². The van der Waals surface area contributed by atoms with Crippen molar-refractivity contribution in [3.8, 4) is 0 Å². The van der Waals surface area contributed by atoms with E-state index in [1.165, 1.54) is 0 Å². The summed E-state index contributed by atoms with van der Waals surface area (Å²) in [5.74, 6) is 0. The molecule has 0 aromatic rings. The third kappa shape index (κ3) is 6.64. The molecule has 0 amide bonds. The topological polar surface area (TPSA) is 163 Å². The van der Waals surface area contributed by atoms with Crippen LogP contribution in [0.3, 0.4) is 0 Å². The van der Waals surface area contributed by atoms with Crippen LogP contribution in [0.5, 0.6) is 0 Å². The van der Waals surface area contributed by atoms with Gasteiger partial charge in [0, 0.05) is 0 Å². The molecule has 0 atom stereocenters. The van der Waals surface area contributed by atoms with Crippen LogP contribution in [0.2, 0.25) is 0 Å². The fourth-order valence-electron chi connectivity index (χ4n) is 0.341. The lowest BCUT2D eigenvalue weighted by atomic mass is 11.1. The molecule has 11 nitrogen and oxygen atoms in total. The van der Waals surface area contributed by atoms with Crippen molar-refractivity contribution >= 4 is 30.8 Å². The smallest absolute Gasteiger partial charge is 0.449 e. The van der Waals surface area contributed by atoms with Gasteiger partial charge in [0.1, 0.15) is 0 Å². The second kappa shape index (κ2) is 5.79. The number of carbonyl (C=O) groups is 5. The highest BCUT2D eigenvalue weighted by atomic mass is 16.9. The van der Waals surface area contributed by atoms with Crippen LogP contribution in [-0.4, -0.2) is 41.0 Å². The zero-order chi connectivity index (χ0) is 12.7. The predicted molar refractivity (Wildman–Crippen MR) is 36.6 cm³/mol. The van der Waals surface area contributed by atoms with Gasteiger partial charge >= 0.3 is 30.8 Å². The van der Waals surface area contributed by atoms with Crippen LogP contribution in [-0.2, 0) is 18.9 Å². The van der Waals surface area contributed by atoms with E-state index in [0.717, 1.165) is 0 Å². The highest BCUT2D eigenvalue weighted by Crippen LogP contribution is 1.94. The SMILES string of the molecule is O=C(O)OC(=O)OC(=O)OC(=O)OC(=O)O. The molecule has 0 aromatic heterocycles. The Kier molecular flexibility index (Phi) is 4.76. The van der Waals surface area contributed by atoms with Crippen molar-refractivity contribution in [2.75, 3.05) is 0 Å². The number of carbonyl (C=O) groups excluding carboxylic acids is 3. The molecule has 0 rings (SSSR count). The van der Waals surface area contributed by atoms with E-state index in [-0.39, 0.29) is 0 Å². The van der Waals surface area contributed by atoms with Crippen LogP contribution in [0.15, 0.2) is 0 Å². The number of ether oxygens (including phenoxy) is 4. The van der Waals surface area contributed by atoms with Crippen LogP contribution in [0.4, 0.5) is 24.0 Å². The second-order valence-electron chi connectivity index (χ2n) is 1.69. The zero-order valence-electron chi connectivity index (χ0n) is 7.07. The Labute approximate surface area is 85.0 Å². The van der Waals surface area contributed by atoms with Crippen molar-refractivity contribution in [2.24, 2.45) is 0 Å². The molecule has 2 N–H and O–H groups in total. The van der Waals surface area contributed by atoms with Gasteiger partial charge in [-0.3, -0.25) is 0 Å². The average molecular weight is 238 g/mol. The minimum atomic E-state index is -2.06. The second-order valence-corrected chi connectivity index (χ2v) is 1.69. The molecule has 0 radical (unpaired) electrons. The summed E-state index contributed by atoms with van der Waals surface area (Å²) in [6, 6.07) is 0. The average Bonchev–Trinajstić information content (AvgIpc) is 1.97. The fourth-order valence-corrected chi connectivity index (χ4v) is 0.341. The fraction of sp³-hybridized carbons (Fsp3) is 0. The van der Waals surface area contributed by atoms with Crippen molar-refractivity contribution in [1.29, 1.82) is 0 Å². The lowest BCUT2D eigenvalue weighted by Gasteiger charge is -1.99. The maximum absolute atomic E-state index is 10.4. The first-order valence-corrected chi connectivity index (χ1v) is 3.10. The predicted octanol–water partition coefficient (Wildman–Crippen LogP) is 0.769. The van der Waals surface area contributed by atoms with E-state index < -0.39 is 30.8 Å². The lowest BCUT2D eigenvalue weighted by Crippen LogP contribution is -2.21. The summed E-state index contributed by atoms with van der Waals surface area (Å²) in [5.41, 5.74) is 0. The molecule has 0 spiro atoms. The number of hydrogen-bond acceptors (Lipinski definition) is 9. The van der Waals surface area contributed by atoms with Crippen LogP contribution >= 0.6 is 0 Å². The Hall–Kier alpha value is -2.85. The standard InChI is InChI=1S/C5H2O11/c6-1(7)13-3(10)15-5(12)16-4(11)14-2(8)9/h(H,6,7)(H,8,9). The van der Waals surface area contributed by atoms with E-state index in [1.807, 2.05) is 0 Å². The van der Waals surface area contributed by atoms with E-state index in [2.05, 4.69) is 18.9 Å². The van der Waals surface area contributed by atoms with Gasteiger partial charge in [-0.05, 0) is 0 Å². The van der Waals surface area contributed by atoms with Gasteiger partial charge in [0.2, 0.25) is 0 Å². The van der Waals surface area contributed by atoms with Crippen LogP contribution < -0.4 is 0 Å². The highest BCUT2D eigenvalue weighted by molar-refractivity contribution is 5.88. The summed E-state index contributed by atoms with van der Waals surface area (Å²) in [6.07, 6.45) is -10.1. The summed E-state index contributed by atoms with van der Waals surface area (Å²) in [7, 11) is 0. The number of carboxylic acid groups (broad SMARTS) is 2. The lowest BCUT2D eigenvalue weighted by molar-refractivity contribution is 0.0337. The quantitative estimate of drug-likeness (QED) is 0.452. The van der Waals surface area contributed by atoms with Crippen molar-refractivity contribution in [2.45, 2.75) is 0 Å². The Morgan fingerprint density at radius 1 is 0.562 bits per heavy atom. The highest BCUT2D eigenvalue weighted by Gasteiger charge is 2.21. The van der Waals surface area contributed by atoms with Gasteiger partial charge in [-0.1, -0.05) is 0 Å². The minimum absolute atomic E-state index is 1.99. The van der Waals surface area contributed by atoms with Gasteiger partial charge in [0.25, 0.3) is 0 Å². The van der Waals surface area contributed by atoms with E-state index in [9.17, 15) is 24.0 Å². The van der Waals surface area contributed by atoms with Gasteiger partial charge in [-0.2, -0.15) is 0 Å². The Balaban J connectivity index is 3.99. The van der Waals surface area contributed by atoms with Crippen molar-refractivity contribution < 1.29 is 53.1 Å². The zero-order valence-corrected chi connectivity index (χ0v) is 7.07. The van der Waals surface area contributed by atoms with E-state index >= 15 is 0 Å². The molecular formula is C5H2O11. The summed E-state index contributed by atoms with van der Waals surface area (Å²) in [6.45, 7) is 0. The number of rotatable bonds is 0. The molecule has 0 heterocycles. The third-order valence-electron chi connectivity index (χ3n) is 0.675. The molecule has 11 heteroatoms. The molecule has 88 valence electrons. The maximum atomic E-state index is 10.4.